The van der Waals surface area contributed by atoms with Crippen LogP contribution in [0.25, 0.3) is 0 Å². The van der Waals surface area contributed by atoms with Crippen LogP contribution in [0.2, 0.25) is 0 Å². The minimum absolute atomic E-state index is 0.172. The van der Waals surface area contributed by atoms with E-state index >= 15 is 0 Å². The van der Waals surface area contributed by atoms with Gasteiger partial charge in [0.2, 0.25) is 5.91 Å². The van der Waals surface area contributed by atoms with Gasteiger partial charge in [-0.2, -0.15) is 0 Å². The smallest absolute Gasteiger partial charge is 0.222 e. The van der Waals surface area contributed by atoms with E-state index in [-0.39, 0.29) is 5.91 Å². The number of hydrogen-bond donors (Lipinski definition) is 1. The summed E-state index contributed by atoms with van der Waals surface area (Å²) in [4.78, 5) is 13.5. The van der Waals surface area contributed by atoms with E-state index in [4.69, 9.17) is 0 Å². The van der Waals surface area contributed by atoms with Crippen molar-refractivity contribution in [2.45, 2.75) is 38.7 Å². The third kappa shape index (κ3) is 3.10. The molecule has 0 saturated carbocycles. The van der Waals surface area contributed by atoms with Crippen molar-refractivity contribution in [3.63, 3.8) is 0 Å². The van der Waals surface area contributed by atoms with Crippen molar-refractivity contribution in [2.24, 2.45) is 0 Å². The number of hydrogen-bond acceptors (Lipinski definition) is 2. The van der Waals surface area contributed by atoms with Crippen LogP contribution >= 0.6 is 0 Å². The predicted molar refractivity (Wildman–Crippen MR) is 71.2 cm³/mol. The molecule has 1 atom stereocenters. The van der Waals surface area contributed by atoms with E-state index in [9.17, 15) is 9.90 Å². The van der Waals surface area contributed by atoms with Gasteiger partial charge in [0.25, 0.3) is 0 Å². The van der Waals surface area contributed by atoms with Crippen molar-refractivity contribution in [1.29, 1.82) is 0 Å². The number of benzene rings is 1. The summed E-state index contributed by atoms with van der Waals surface area (Å²) in [5.41, 5.74) is 2.16. The summed E-state index contributed by atoms with van der Waals surface area (Å²) < 4.78 is 0. The highest BCUT2D eigenvalue weighted by Crippen LogP contribution is 2.18. The van der Waals surface area contributed by atoms with Crippen LogP contribution in [0.4, 0.5) is 0 Å². The molecule has 0 spiro atoms. The minimum Gasteiger partial charge on any atom is -0.387 e. The first-order valence-corrected chi connectivity index (χ1v) is 6.75. The van der Waals surface area contributed by atoms with Crippen LogP contribution in [0.3, 0.4) is 0 Å². The lowest BCUT2D eigenvalue weighted by molar-refractivity contribution is -0.134. The summed E-state index contributed by atoms with van der Waals surface area (Å²) >= 11 is 0. The fourth-order valence-electron chi connectivity index (χ4n) is 2.34. The van der Waals surface area contributed by atoms with Crippen LogP contribution in [-0.2, 0) is 11.2 Å². The molecule has 0 aliphatic carbocycles. The van der Waals surface area contributed by atoms with Gasteiger partial charge < -0.3 is 10.0 Å². The van der Waals surface area contributed by atoms with Crippen molar-refractivity contribution in [1.82, 2.24) is 4.90 Å². The van der Waals surface area contributed by atoms with E-state index in [1.165, 1.54) is 5.56 Å². The molecule has 18 heavy (non-hydrogen) atoms. The highest BCUT2D eigenvalue weighted by atomic mass is 16.3. The number of rotatable bonds is 4. The fourth-order valence-corrected chi connectivity index (χ4v) is 2.34. The SMILES string of the molecule is CCc1ccc(C(O)CN2CCCCC2=O)cc1. The molecule has 1 aromatic carbocycles. The molecule has 1 fully saturated rings. The Balaban J connectivity index is 1.97. The number of likely N-dealkylation sites (tertiary alicyclic amines) is 1. The zero-order valence-corrected chi connectivity index (χ0v) is 10.9. The molecule has 1 saturated heterocycles. The zero-order chi connectivity index (χ0) is 13.0. The Kier molecular flexibility index (Phi) is 4.37. The van der Waals surface area contributed by atoms with E-state index < -0.39 is 6.10 Å². The van der Waals surface area contributed by atoms with E-state index in [0.29, 0.717) is 13.0 Å². The van der Waals surface area contributed by atoms with Crippen LogP contribution in [0.1, 0.15) is 43.4 Å². The molecule has 0 bridgehead atoms. The van der Waals surface area contributed by atoms with Crippen LogP contribution in [0.5, 0.6) is 0 Å². The van der Waals surface area contributed by atoms with Crippen LogP contribution in [0, 0.1) is 0 Å². The Labute approximate surface area is 108 Å². The maximum absolute atomic E-state index is 11.7. The van der Waals surface area contributed by atoms with Gasteiger partial charge in [0.1, 0.15) is 0 Å². The second kappa shape index (κ2) is 6.01. The number of β-amino-alcohol motifs (C(OH)–C–C–N with tert-alkyl or cyclic N) is 1. The molecule has 1 amide bonds. The van der Waals surface area contributed by atoms with Gasteiger partial charge in [-0.3, -0.25) is 4.79 Å². The normalized spacial score (nSPS) is 17.9. The highest BCUT2D eigenvalue weighted by molar-refractivity contribution is 5.76. The number of carbonyl (C=O) groups is 1. The lowest BCUT2D eigenvalue weighted by atomic mass is 10.0. The number of aliphatic hydroxyl groups is 1. The molecule has 3 nitrogen and oxygen atoms in total. The van der Waals surface area contributed by atoms with Gasteiger partial charge in [0, 0.05) is 13.0 Å². The molecule has 1 N–H and O–H groups in total. The summed E-state index contributed by atoms with van der Waals surface area (Å²) in [5.74, 6) is 0.172. The molecule has 1 heterocycles. The van der Waals surface area contributed by atoms with Crippen molar-refractivity contribution in [3.8, 4) is 0 Å². The lowest BCUT2D eigenvalue weighted by Gasteiger charge is -2.28. The number of piperidine rings is 1. The summed E-state index contributed by atoms with van der Waals surface area (Å²) in [5, 5.41) is 10.2. The lowest BCUT2D eigenvalue weighted by Crippen LogP contribution is -2.38. The zero-order valence-electron chi connectivity index (χ0n) is 10.9. The largest absolute Gasteiger partial charge is 0.387 e. The topological polar surface area (TPSA) is 40.5 Å². The van der Waals surface area contributed by atoms with E-state index in [1.54, 1.807) is 4.90 Å². The van der Waals surface area contributed by atoms with Gasteiger partial charge in [-0.05, 0) is 30.4 Å². The fraction of sp³-hybridized carbons (Fsp3) is 0.533. The quantitative estimate of drug-likeness (QED) is 0.887. The number of aryl methyl sites for hydroxylation is 1. The van der Waals surface area contributed by atoms with Crippen molar-refractivity contribution in [3.05, 3.63) is 35.4 Å². The summed E-state index contributed by atoms with van der Waals surface area (Å²) in [6, 6.07) is 7.99. The Morgan fingerprint density at radius 2 is 2.00 bits per heavy atom. The molecule has 2 rings (SSSR count). The maximum Gasteiger partial charge on any atom is 0.222 e. The van der Waals surface area contributed by atoms with Crippen molar-refractivity contribution >= 4 is 5.91 Å². The second-order valence-electron chi connectivity index (χ2n) is 4.91. The summed E-state index contributed by atoms with van der Waals surface area (Å²) in [6.45, 7) is 3.31. The third-order valence-corrected chi connectivity index (χ3v) is 3.59. The first-order valence-electron chi connectivity index (χ1n) is 6.75. The van der Waals surface area contributed by atoms with Gasteiger partial charge >= 0.3 is 0 Å². The van der Waals surface area contributed by atoms with Crippen LogP contribution in [0.15, 0.2) is 24.3 Å². The maximum atomic E-state index is 11.7. The minimum atomic E-state index is -0.571. The predicted octanol–water partition coefficient (Wildman–Crippen LogP) is 2.29. The standard InChI is InChI=1S/C15H21NO2/c1-2-12-6-8-13(9-7-12)14(17)11-16-10-4-3-5-15(16)18/h6-9,14,17H,2-5,10-11H2,1H3. The van der Waals surface area contributed by atoms with Gasteiger partial charge in [-0.1, -0.05) is 31.2 Å². The highest BCUT2D eigenvalue weighted by Gasteiger charge is 2.21. The van der Waals surface area contributed by atoms with Gasteiger partial charge in [0.05, 0.1) is 12.6 Å². The average molecular weight is 247 g/mol. The average Bonchev–Trinajstić information content (AvgIpc) is 2.41. The molecule has 0 radical (unpaired) electrons. The number of carbonyl (C=O) groups excluding carboxylic acids is 1. The molecule has 98 valence electrons. The molecule has 1 aromatic rings. The first kappa shape index (κ1) is 13.1. The third-order valence-electron chi connectivity index (χ3n) is 3.59. The van der Waals surface area contributed by atoms with Gasteiger partial charge in [0.15, 0.2) is 0 Å². The Morgan fingerprint density at radius 1 is 1.28 bits per heavy atom. The van der Waals surface area contributed by atoms with Gasteiger partial charge in [-0.15, -0.1) is 0 Å². The second-order valence-corrected chi connectivity index (χ2v) is 4.91. The molecule has 3 heteroatoms. The molecule has 0 aromatic heterocycles. The van der Waals surface area contributed by atoms with Crippen LogP contribution in [-0.4, -0.2) is 29.0 Å². The number of amides is 1. The van der Waals surface area contributed by atoms with Gasteiger partial charge in [-0.25, -0.2) is 0 Å². The monoisotopic (exact) mass is 247 g/mol. The summed E-state index contributed by atoms with van der Waals surface area (Å²) in [7, 11) is 0. The Hall–Kier alpha value is -1.35. The number of nitrogens with zero attached hydrogens (tertiary/aromatic N) is 1. The van der Waals surface area contributed by atoms with E-state index in [1.807, 2.05) is 24.3 Å². The van der Waals surface area contributed by atoms with E-state index in [0.717, 1.165) is 31.4 Å². The molecule has 1 unspecified atom stereocenters. The Morgan fingerprint density at radius 3 is 2.61 bits per heavy atom. The van der Waals surface area contributed by atoms with Crippen LogP contribution < -0.4 is 0 Å². The van der Waals surface area contributed by atoms with Crippen molar-refractivity contribution in [2.75, 3.05) is 13.1 Å². The first-order chi connectivity index (χ1) is 8.70. The molecule has 1 aliphatic heterocycles. The Bertz CT molecular complexity index is 399. The number of aliphatic hydroxyl groups excluding tert-OH is 1. The molecular weight excluding hydrogens is 226 g/mol. The summed E-state index contributed by atoms with van der Waals surface area (Å²) in [6.07, 6.45) is 3.09. The van der Waals surface area contributed by atoms with E-state index in [2.05, 4.69) is 6.92 Å². The van der Waals surface area contributed by atoms with Crippen molar-refractivity contribution < 1.29 is 9.90 Å². The molecule has 1 aliphatic rings. The molecular formula is C15H21NO2.